The third kappa shape index (κ3) is 6.39. The van der Waals surface area contributed by atoms with Gasteiger partial charge in [-0.2, -0.15) is 5.26 Å². The van der Waals surface area contributed by atoms with Crippen molar-refractivity contribution in [2.45, 2.75) is 33.4 Å². The summed E-state index contributed by atoms with van der Waals surface area (Å²) < 4.78 is 30.4. The number of allylic oxidation sites excluding steroid dienone is 1. The lowest BCUT2D eigenvalue weighted by Crippen LogP contribution is -2.40. The van der Waals surface area contributed by atoms with Crippen molar-refractivity contribution in [3.05, 3.63) is 114 Å². The maximum Gasteiger partial charge on any atom is 0.338 e. The first-order valence-corrected chi connectivity index (χ1v) is 15.4. The Balaban J connectivity index is 1.60. The molecule has 3 aromatic carbocycles. The summed E-state index contributed by atoms with van der Waals surface area (Å²) in [6.07, 6.45) is 1.75. The summed E-state index contributed by atoms with van der Waals surface area (Å²) in [7, 11) is 3.07. The van der Waals surface area contributed by atoms with E-state index in [-0.39, 0.29) is 24.3 Å². The molecule has 1 atom stereocenters. The molecule has 46 heavy (non-hydrogen) atoms. The summed E-state index contributed by atoms with van der Waals surface area (Å²) in [6.45, 7) is 6.07. The van der Waals surface area contributed by atoms with Crippen molar-refractivity contribution in [3.63, 3.8) is 0 Å². The van der Waals surface area contributed by atoms with Gasteiger partial charge in [-0.25, -0.2) is 9.79 Å². The molecular formula is C35H33N3O7S. The second-order valence-electron chi connectivity index (χ2n) is 10.1. The van der Waals surface area contributed by atoms with E-state index in [1.165, 1.54) is 23.0 Å². The van der Waals surface area contributed by atoms with Crippen molar-refractivity contribution in [1.29, 1.82) is 5.26 Å². The molecule has 2 heterocycles. The van der Waals surface area contributed by atoms with Crippen LogP contribution >= 0.6 is 11.3 Å². The van der Waals surface area contributed by atoms with Crippen molar-refractivity contribution < 1.29 is 28.5 Å². The van der Waals surface area contributed by atoms with Crippen molar-refractivity contribution in [2.75, 3.05) is 27.4 Å². The number of methoxy groups -OCH3 is 2. The standard InChI is InChI=1S/C35H33N3O7S/c1-6-43-29-16-22(12-14-28(29)45-20-24-11-9-8-10-23(24)19-36)17-30-33(39)38-32(26-18-25(41-4)13-15-27(26)42-5)31(34(40)44-7-2)21(3)37-35(38)46-30/h8-18,32H,6-7,20H2,1-5H3/b30-17+/t32-/m1/s1. The Morgan fingerprint density at radius 2 is 1.78 bits per heavy atom. The van der Waals surface area contributed by atoms with Gasteiger partial charge in [-0.05, 0) is 68.8 Å². The van der Waals surface area contributed by atoms with Crippen LogP contribution in [0.5, 0.6) is 23.0 Å². The smallest absolute Gasteiger partial charge is 0.338 e. The molecule has 0 saturated heterocycles. The van der Waals surface area contributed by atoms with Gasteiger partial charge < -0.3 is 23.7 Å². The summed E-state index contributed by atoms with van der Waals surface area (Å²) in [6, 6.07) is 19.2. The Labute approximate surface area is 270 Å². The van der Waals surface area contributed by atoms with E-state index in [9.17, 15) is 14.9 Å². The minimum absolute atomic E-state index is 0.161. The van der Waals surface area contributed by atoms with Gasteiger partial charge in [-0.1, -0.05) is 35.6 Å². The van der Waals surface area contributed by atoms with E-state index in [1.807, 2.05) is 25.1 Å². The molecule has 0 fully saturated rings. The van der Waals surface area contributed by atoms with Gasteiger partial charge in [0, 0.05) is 11.1 Å². The Hall–Kier alpha value is -5.34. The first kappa shape index (κ1) is 32.1. The molecule has 236 valence electrons. The highest BCUT2D eigenvalue weighted by molar-refractivity contribution is 7.07. The molecule has 0 saturated carbocycles. The molecule has 5 rings (SSSR count). The van der Waals surface area contributed by atoms with E-state index >= 15 is 0 Å². The van der Waals surface area contributed by atoms with Crippen molar-refractivity contribution in [1.82, 2.24) is 4.57 Å². The predicted molar refractivity (Wildman–Crippen MR) is 173 cm³/mol. The van der Waals surface area contributed by atoms with Gasteiger partial charge in [-0.3, -0.25) is 9.36 Å². The zero-order valence-electron chi connectivity index (χ0n) is 26.2. The first-order valence-electron chi connectivity index (χ1n) is 14.6. The highest BCUT2D eigenvalue weighted by atomic mass is 32.1. The van der Waals surface area contributed by atoms with Crippen LogP contribution in [-0.4, -0.2) is 38.0 Å². The number of rotatable bonds is 11. The lowest BCUT2D eigenvalue weighted by atomic mass is 9.94. The number of hydrogen-bond acceptors (Lipinski definition) is 10. The average molecular weight is 640 g/mol. The van der Waals surface area contributed by atoms with Gasteiger partial charge >= 0.3 is 5.97 Å². The number of nitriles is 1. The fourth-order valence-corrected chi connectivity index (χ4v) is 6.25. The fourth-order valence-electron chi connectivity index (χ4n) is 5.20. The lowest BCUT2D eigenvalue weighted by Gasteiger charge is -2.26. The van der Waals surface area contributed by atoms with Gasteiger partial charge in [-0.15, -0.1) is 0 Å². The minimum atomic E-state index is -0.867. The molecule has 4 aromatic rings. The number of carbonyl (C=O) groups is 1. The fraction of sp³-hybridized carbons (Fsp3) is 0.257. The number of nitrogens with zero attached hydrogens (tertiary/aromatic N) is 3. The molecule has 0 aliphatic carbocycles. The number of thiazole rings is 1. The van der Waals surface area contributed by atoms with Crippen LogP contribution in [0, 0.1) is 11.3 Å². The predicted octanol–water partition coefficient (Wildman–Crippen LogP) is 4.66. The van der Waals surface area contributed by atoms with Crippen LogP contribution in [0.4, 0.5) is 0 Å². The molecule has 0 unspecified atom stereocenters. The molecule has 1 aliphatic heterocycles. The van der Waals surface area contributed by atoms with Crippen LogP contribution in [-0.2, 0) is 16.1 Å². The number of benzene rings is 3. The van der Waals surface area contributed by atoms with Crippen molar-refractivity contribution in [2.24, 2.45) is 4.99 Å². The summed E-state index contributed by atoms with van der Waals surface area (Å²) in [5.41, 5.74) is 2.92. The van der Waals surface area contributed by atoms with Gasteiger partial charge in [0.05, 0.1) is 54.9 Å². The molecular weight excluding hydrogens is 606 g/mol. The van der Waals surface area contributed by atoms with Gasteiger partial charge in [0.15, 0.2) is 16.3 Å². The first-order chi connectivity index (χ1) is 22.3. The number of fused-ring (bicyclic) bond motifs is 1. The molecule has 0 N–H and O–H groups in total. The summed E-state index contributed by atoms with van der Waals surface area (Å²) in [4.78, 5) is 32.5. The maximum absolute atomic E-state index is 14.1. The highest BCUT2D eigenvalue weighted by Crippen LogP contribution is 2.38. The largest absolute Gasteiger partial charge is 0.497 e. The second kappa shape index (κ2) is 14.2. The Bertz CT molecular complexity index is 2040. The molecule has 10 nitrogen and oxygen atoms in total. The zero-order chi connectivity index (χ0) is 32.8. The lowest BCUT2D eigenvalue weighted by molar-refractivity contribution is -0.139. The molecule has 1 aliphatic rings. The highest BCUT2D eigenvalue weighted by Gasteiger charge is 2.35. The van der Waals surface area contributed by atoms with Crippen LogP contribution in [0.1, 0.15) is 49.1 Å². The molecule has 0 amide bonds. The third-order valence-corrected chi connectivity index (χ3v) is 8.32. The van der Waals surface area contributed by atoms with Crippen LogP contribution in [0.3, 0.4) is 0 Å². The van der Waals surface area contributed by atoms with Gasteiger partial charge in [0.1, 0.15) is 24.1 Å². The van der Waals surface area contributed by atoms with Crippen molar-refractivity contribution in [3.8, 4) is 29.1 Å². The molecule has 1 aromatic heterocycles. The van der Waals surface area contributed by atoms with E-state index in [4.69, 9.17) is 23.7 Å². The quantitative estimate of drug-likeness (QED) is 0.217. The van der Waals surface area contributed by atoms with Crippen molar-refractivity contribution >= 4 is 23.4 Å². The van der Waals surface area contributed by atoms with Crippen LogP contribution in [0.25, 0.3) is 6.08 Å². The van der Waals surface area contributed by atoms with Crippen LogP contribution in [0.2, 0.25) is 0 Å². The number of esters is 1. The normalized spacial score (nSPS) is 14.2. The number of ether oxygens (including phenoxy) is 5. The van der Waals surface area contributed by atoms with E-state index in [0.29, 0.717) is 61.3 Å². The minimum Gasteiger partial charge on any atom is -0.497 e. The average Bonchev–Trinajstić information content (AvgIpc) is 3.37. The summed E-state index contributed by atoms with van der Waals surface area (Å²) >= 11 is 1.21. The number of aromatic nitrogens is 1. The van der Waals surface area contributed by atoms with E-state index in [2.05, 4.69) is 11.1 Å². The maximum atomic E-state index is 14.1. The van der Waals surface area contributed by atoms with E-state index in [1.54, 1.807) is 69.5 Å². The third-order valence-electron chi connectivity index (χ3n) is 7.33. The SMILES string of the molecule is CCOC(=O)C1=C(C)N=c2s/c(=C/c3ccc(OCc4ccccc4C#N)c(OCC)c3)c(=O)n2[C@@H]1c1cc(OC)ccc1OC. The topological polar surface area (TPSA) is 121 Å². The zero-order valence-corrected chi connectivity index (χ0v) is 27.0. The molecule has 0 bridgehead atoms. The molecule has 0 spiro atoms. The van der Waals surface area contributed by atoms with E-state index < -0.39 is 12.0 Å². The van der Waals surface area contributed by atoms with Gasteiger partial charge in [0.2, 0.25) is 0 Å². The van der Waals surface area contributed by atoms with E-state index in [0.717, 1.165) is 5.56 Å². The van der Waals surface area contributed by atoms with Crippen LogP contribution < -0.4 is 33.8 Å². The monoisotopic (exact) mass is 639 g/mol. The second-order valence-corrected chi connectivity index (χ2v) is 11.1. The molecule has 11 heteroatoms. The number of carbonyl (C=O) groups excluding carboxylic acids is 1. The van der Waals surface area contributed by atoms with Gasteiger partial charge in [0.25, 0.3) is 5.56 Å². The Morgan fingerprint density at radius 1 is 1.00 bits per heavy atom. The summed E-state index contributed by atoms with van der Waals surface area (Å²) in [5, 5.41) is 9.42. The molecule has 0 radical (unpaired) electrons. The Kier molecular flexibility index (Phi) is 9.88. The number of hydrogen-bond donors (Lipinski definition) is 0. The Morgan fingerprint density at radius 3 is 2.50 bits per heavy atom. The van der Waals surface area contributed by atoms with Crippen LogP contribution in [0.15, 0.2) is 81.7 Å². The summed E-state index contributed by atoms with van der Waals surface area (Å²) in [5.74, 6) is 1.46.